The largest absolute Gasteiger partial charge is 0.327 e. The number of imidazole rings is 1. The molecule has 3 nitrogen and oxygen atoms in total. The highest BCUT2D eigenvalue weighted by Crippen LogP contribution is 2.18. The van der Waals surface area contributed by atoms with Gasteiger partial charge in [-0.05, 0) is 24.1 Å². The molecule has 1 aromatic heterocycles. The first-order valence-corrected chi connectivity index (χ1v) is 7.23. The van der Waals surface area contributed by atoms with Gasteiger partial charge < -0.3 is 4.57 Å². The van der Waals surface area contributed by atoms with Crippen molar-refractivity contribution in [2.75, 3.05) is 0 Å². The van der Waals surface area contributed by atoms with E-state index in [1.165, 1.54) is 5.56 Å². The molecule has 0 saturated heterocycles. The SMILES string of the molecule is N#CCCn1c(CCc2ccccc2)nc2ccccc21. The molecule has 0 aliphatic rings. The first-order valence-electron chi connectivity index (χ1n) is 7.23. The van der Waals surface area contributed by atoms with Gasteiger partial charge in [-0.25, -0.2) is 4.98 Å². The van der Waals surface area contributed by atoms with Crippen LogP contribution in [0.5, 0.6) is 0 Å². The lowest BCUT2D eigenvalue weighted by atomic mass is 10.1. The Bertz CT molecular complexity index is 766. The minimum atomic E-state index is 0.513. The van der Waals surface area contributed by atoms with Gasteiger partial charge in [-0.1, -0.05) is 42.5 Å². The van der Waals surface area contributed by atoms with Crippen molar-refractivity contribution in [3.63, 3.8) is 0 Å². The maximum atomic E-state index is 8.85. The maximum absolute atomic E-state index is 8.85. The zero-order valence-corrected chi connectivity index (χ0v) is 11.9. The summed E-state index contributed by atoms with van der Waals surface area (Å²) in [6.07, 6.45) is 2.37. The second kappa shape index (κ2) is 6.23. The predicted molar refractivity (Wildman–Crippen MR) is 83.8 cm³/mol. The Morgan fingerprint density at radius 2 is 1.71 bits per heavy atom. The number of rotatable bonds is 5. The van der Waals surface area contributed by atoms with Crippen molar-refractivity contribution in [3.05, 3.63) is 66.0 Å². The van der Waals surface area contributed by atoms with E-state index in [2.05, 4.69) is 41.0 Å². The average molecular weight is 275 g/mol. The average Bonchev–Trinajstić information content (AvgIpc) is 2.89. The van der Waals surface area contributed by atoms with Crippen LogP contribution >= 0.6 is 0 Å². The van der Waals surface area contributed by atoms with Crippen LogP contribution < -0.4 is 0 Å². The zero-order chi connectivity index (χ0) is 14.5. The Morgan fingerprint density at radius 1 is 0.952 bits per heavy atom. The van der Waals surface area contributed by atoms with Gasteiger partial charge in [-0.2, -0.15) is 5.26 Å². The van der Waals surface area contributed by atoms with Crippen LogP contribution in [0.2, 0.25) is 0 Å². The number of benzene rings is 2. The summed E-state index contributed by atoms with van der Waals surface area (Å²) in [4.78, 5) is 4.73. The number of nitriles is 1. The normalized spacial score (nSPS) is 10.6. The highest BCUT2D eigenvalue weighted by atomic mass is 15.1. The molecular formula is C18H17N3. The molecule has 3 heteroatoms. The zero-order valence-electron chi connectivity index (χ0n) is 11.9. The highest BCUT2D eigenvalue weighted by molar-refractivity contribution is 5.75. The summed E-state index contributed by atoms with van der Waals surface area (Å²) in [6, 6.07) is 20.8. The van der Waals surface area contributed by atoms with Crippen molar-refractivity contribution in [1.82, 2.24) is 9.55 Å². The fourth-order valence-corrected chi connectivity index (χ4v) is 2.63. The van der Waals surface area contributed by atoms with Gasteiger partial charge >= 0.3 is 0 Å². The van der Waals surface area contributed by atoms with Crippen LogP contribution in [-0.2, 0) is 19.4 Å². The van der Waals surface area contributed by atoms with E-state index in [-0.39, 0.29) is 0 Å². The third kappa shape index (κ3) is 2.95. The molecule has 0 atom stereocenters. The van der Waals surface area contributed by atoms with Crippen LogP contribution in [-0.4, -0.2) is 9.55 Å². The Balaban J connectivity index is 1.88. The van der Waals surface area contributed by atoms with Crippen molar-refractivity contribution < 1.29 is 0 Å². The Hall–Kier alpha value is -2.60. The van der Waals surface area contributed by atoms with Crippen molar-refractivity contribution in [3.8, 4) is 6.07 Å². The second-order valence-electron chi connectivity index (χ2n) is 5.06. The summed E-state index contributed by atoms with van der Waals surface area (Å²) < 4.78 is 2.18. The molecule has 3 rings (SSSR count). The smallest absolute Gasteiger partial charge is 0.110 e. The first-order chi connectivity index (χ1) is 10.4. The third-order valence-electron chi connectivity index (χ3n) is 3.66. The Labute approximate surface area is 124 Å². The molecule has 0 bridgehead atoms. The van der Waals surface area contributed by atoms with Crippen LogP contribution in [0.25, 0.3) is 11.0 Å². The Morgan fingerprint density at radius 3 is 2.52 bits per heavy atom. The molecule has 2 aromatic carbocycles. The molecule has 0 radical (unpaired) electrons. The minimum absolute atomic E-state index is 0.513. The molecule has 1 heterocycles. The van der Waals surface area contributed by atoms with Crippen molar-refractivity contribution >= 4 is 11.0 Å². The van der Waals surface area contributed by atoms with Crippen LogP contribution in [0.4, 0.5) is 0 Å². The molecule has 0 N–H and O–H groups in total. The number of fused-ring (bicyclic) bond motifs is 1. The minimum Gasteiger partial charge on any atom is -0.327 e. The van der Waals surface area contributed by atoms with E-state index >= 15 is 0 Å². The summed E-state index contributed by atoms with van der Waals surface area (Å²) in [5, 5.41) is 8.85. The molecule has 0 fully saturated rings. The number of nitrogens with zero attached hydrogens (tertiary/aromatic N) is 3. The van der Waals surface area contributed by atoms with Gasteiger partial charge in [0.2, 0.25) is 0 Å². The lowest BCUT2D eigenvalue weighted by Crippen LogP contribution is -2.05. The van der Waals surface area contributed by atoms with Crippen molar-refractivity contribution in [1.29, 1.82) is 5.26 Å². The fourth-order valence-electron chi connectivity index (χ4n) is 2.63. The monoisotopic (exact) mass is 275 g/mol. The number of aromatic nitrogens is 2. The Kier molecular flexibility index (Phi) is 3.97. The summed E-state index contributed by atoms with van der Waals surface area (Å²) >= 11 is 0. The van der Waals surface area contributed by atoms with Gasteiger partial charge in [0, 0.05) is 13.0 Å². The number of para-hydroxylation sites is 2. The van der Waals surface area contributed by atoms with Crippen molar-refractivity contribution in [2.24, 2.45) is 0 Å². The molecule has 0 aliphatic heterocycles. The molecular weight excluding hydrogens is 258 g/mol. The summed E-state index contributed by atoms with van der Waals surface area (Å²) in [7, 11) is 0. The van der Waals surface area contributed by atoms with E-state index in [9.17, 15) is 0 Å². The van der Waals surface area contributed by atoms with Gasteiger partial charge in [0.15, 0.2) is 0 Å². The van der Waals surface area contributed by atoms with Crippen LogP contribution in [0.1, 0.15) is 17.8 Å². The van der Waals surface area contributed by atoms with Crippen molar-refractivity contribution in [2.45, 2.75) is 25.8 Å². The van der Waals surface area contributed by atoms with Crippen LogP contribution in [0.3, 0.4) is 0 Å². The van der Waals surface area contributed by atoms with Gasteiger partial charge in [0.05, 0.1) is 23.5 Å². The third-order valence-corrected chi connectivity index (χ3v) is 3.66. The number of hydrogen-bond acceptors (Lipinski definition) is 2. The van der Waals surface area contributed by atoms with Gasteiger partial charge in [-0.3, -0.25) is 0 Å². The molecule has 0 saturated carbocycles. The number of hydrogen-bond donors (Lipinski definition) is 0. The van der Waals surface area contributed by atoms with E-state index in [4.69, 9.17) is 10.2 Å². The molecule has 3 aromatic rings. The molecule has 0 aliphatic carbocycles. The second-order valence-corrected chi connectivity index (χ2v) is 5.06. The standard InChI is InChI=1S/C18H17N3/c19-13-6-14-21-17-10-5-4-9-16(17)20-18(21)12-11-15-7-2-1-3-8-15/h1-5,7-10H,6,11-12,14H2. The lowest BCUT2D eigenvalue weighted by Gasteiger charge is -2.07. The lowest BCUT2D eigenvalue weighted by molar-refractivity contribution is 0.676. The summed E-state index contributed by atoms with van der Waals surface area (Å²) in [5.41, 5.74) is 3.45. The maximum Gasteiger partial charge on any atom is 0.110 e. The quantitative estimate of drug-likeness (QED) is 0.712. The molecule has 104 valence electrons. The van der Waals surface area contributed by atoms with Gasteiger partial charge in [0.25, 0.3) is 0 Å². The first kappa shape index (κ1) is 13.4. The van der Waals surface area contributed by atoms with E-state index in [1.807, 2.05) is 24.3 Å². The van der Waals surface area contributed by atoms with Gasteiger partial charge in [0.1, 0.15) is 5.82 Å². The van der Waals surface area contributed by atoms with E-state index in [0.29, 0.717) is 13.0 Å². The molecule has 21 heavy (non-hydrogen) atoms. The molecule has 0 unspecified atom stereocenters. The van der Waals surface area contributed by atoms with Gasteiger partial charge in [-0.15, -0.1) is 0 Å². The topological polar surface area (TPSA) is 41.6 Å². The summed E-state index contributed by atoms with van der Waals surface area (Å²) in [6.45, 7) is 0.709. The number of aryl methyl sites for hydroxylation is 3. The van der Waals surface area contributed by atoms with E-state index in [1.54, 1.807) is 0 Å². The predicted octanol–water partition coefficient (Wildman–Crippen LogP) is 3.74. The van der Waals surface area contributed by atoms with Crippen LogP contribution in [0, 0.1) is 11.3 Å². The fraction of sp³-hybridized carbons (Fsp3) is 0.222. The van der Waals surface area contributed by atoms with E-state index < -0.39 is 0 Å². The summed E-state index contributed by atoms with van der Waals surface area (Å²) in [5.74, 6) is 1.07. The van der Waals surface area contributed by atoms with Crippen LogP contribution in [0.15, 0.2) is 54.6 Å². The highest BCUT2D eigenvalue weighted by Gasteiger charge is 2.10. The molecule has 0 spiro atoms. The van der Waals surface area contributed by atoms with E-state index in [0.717, 1.165) is 29.7 Å². The molecule has 0 amide bonds.